The Kier molecular flexibility index (Phi) is 8.23. The summed E-state index contributed by atoms with van der Waals surface area (Å²) in [5.41, 5.74) is 0.439. The molecule has 0 aliphatic carbocycles. The van der Waals surface area contributed by atoms with Crippen LogP contribution in [0.2, 0.25) is 0 Å². The first-order valence-corrected chi connectivity index (χ1v) is 6.98. The third-order valence-electron chi connectivity index (χ3n) is 3.28. The maximum absolute atomic E-state index is 4.73. The van der Waals surface area contributed by atoms with Crippen LogP contribution >= 0.6 is 24.0 Å². The van der Waals surface area contributed by atoms with E-state index in [0.29, 0.717) is 5.41 Å². The maximum Gasteiger partial charge on any atom is 0.193 e. The van der Waals surface area contributed by atoms with E-state index in [0.717, 1.165) is 38.1 Å². The maximum atomic E-state index is 4.73. The summed E-state index contributed by atoms with van der Waals surface area (Å²) in [7, 11) is 0. The van der Waals surface area contributed by atoms with E-state index in [4.69, 9.17) is 4.99 Å². The van der Waals surface area contributed by atoms with Crippen LogP contribution in [0.25, 0.3) is 0 Å². The first-order chi connectivity index (χ1) is 7.94. The van der Waals surface area contributed by atoms with Crippen molar-refractivity contribution in [1.29, 1.82) is 0 Å². The lowest BCUT2D eigenvalue weighted by Gasteiger charge is -2.23. The zero-order valence-electron chi connectivity index (χ0n) is 12.6. The van der Waals surface area contributed by atoms with Gasteiger partial charge in [-0.25, -0.2) is 0 Å². The number of hydrogen-bond donors (Lipinski definition) is 1. The molecule has 1 N–H and O–H groups in total. The van der Waals surface area contributed by atoms with E-state index in [-0.39, 0.29) is 24.0 Å². The van der Waals surface area contributed by atoms with E-state index in [1.165, 1.54) is 12.8 Å². The topological polar surface area (TPSA) is 27.6 Å². The highest BCUT2D eigenvalue weighted by molar-refractivity contribution is 14.0. The van der Waals surface area contributed by atoms with Crippen molar-refractivity contribution >= 4 is 29.9 Å². The molecule has 0 aromatic carbocycles. The number of guanidine groups is 1. The predicted molar refractivity (Wildman–Crippen MR) is 90.8 cm³/mol. The van der Waals surface area contributed by atoms with Gasteiger partial charge in [-0.3, -0.25) is 4.99 Å². The highest BCUT2D eigenvalue weighted by atomic mass is 127. The van der Waals surface area contributed by atoms with Gasteiger partial charge < -0.3 is 10.2 Å². The Balaban J connectivity index is 0.00000289. The molecule has 18 heavy (non-hydrogen) atoms. The number of aliphatic imine (C=N–C) groups is 1. The Morgan fingerprint density at radius 2 is 2.06 bits per heavy atom. The number of hydrogen-bond acceptors (Lipinski definition) is 1. The second kappa shape index (κ2) is 8.23. The summed E-state index contributed by atoms with van der Waals surface area (Å²) in [5.74, 6) is 1.84. The Bertz CT molecular complexity index is 262. The van der Waals surface area contributed by atoms with Crippen LogP contribution in [0.4, 0.5) is 0 Å². The van der Waals surface area contributed by atoms with Crippen molar-refractivity contribution in [2.45, 2.75) is 47.5 Å². The van der Waals surface area contributed by atoms with Crippen LogP contribution in [-0.4, -0.2) is 37.0 Å². The molecule has 1 heterocycles. The van der Waals surface area contributed by atoms with Crippen molar-refractivity contribution in [3.63, 3.8) is 0 Å². The van der Waals surface area contributed by atoms with Crippen LogP contribution in [0.1, 0.15) is 47.5 Å². The zero-order chi connectivity index (χ0) is 12.9. The third-order valence-corrected chi connectivity index (χ3v) is 3.28. The van der Waals surface area contributed by atoms with Crippen LogP contribution in [0.15, 0.2) is 4.99 Å². The monoisotopic (exact) mass is 367 g/mol. The molecule has 0 unspecified atom stereocenters. The molecule has 1 fully saturated rings. The Morgan fingerprint density at radius 3 is 2.50 bits per heavy atom. The van der Waals surface area contributed by atoms with Gasteiger partial charge in [0.2, 0.25) is 0 Å². The van der Waals surface area contributed by atoms with Gasteiger partial charge in [0.15, 0.2) is 5.96 Å². The van der Waals surface area contributed by atoms with Crippen molar-refractivity contribution < 1.29 is 0 Å². The van der Waals surface area contributed by atoms with Gasteiger partial charge in [0, 0.05) is 26.2 Å². The summed E-state index contributed by atoms with van der Waals surface area (Å²) in [6, 6.07) is 0. The Morgan fingerprint density at radius 1 is 1.39 bits per heavy atom. The van der Waals surface area contributed by atoms with Gasteiger partial charge in [0.25, 0.3) is 0 Å². The fourth-order valence-electron chi connectivity index (χ4n) is 2.15. The zero-order valence-corrected chi connectivity index (χ0v) is 15.0. The van der Waals surface area contributed by atoms with Gasteiger partial charge >= 0.3 is 0 Å². The van der Waals surface area contributed by atoms with E-state index < -0.39 is 0 Å². The average Bonchev–Trinajstić information content (AvgIpc) is 2.57. The van der Waals surface area contributed by atoms with Gasteiger partial charge in [-0.15, -0.1) is 24.0 Å². The summed E-state index contributed by atoms with van der Waals surface area (Å²) in [4.78, 5) is 7.14. The first-order valence-electron chi connectivity index (χ1n) is 6.98. The van der Waals surface area contributed by atoms with Crippen LogP contribution in [0, 0.1) is 11.3 Å². The molecule has 0 bridgehead atoms. The quantitative estimate of drug-likeness (QED) is 0.469. The largest absolute Gasteiger partial charge is 0.357 e. The van der Waals surface area contributed by atoms with Crippen LogP contribution in [0.5, 0.6) is 0 Å². The molecule has 0 aromatic rings. The molecular formula is C14H30IN3. The first kappa shape index (κ1) is 18.0. The normalized spacial score (nSPS) is 19.0. The fraction of sp³-hybridized carbons (Fsp3) is 0.929. The van der Waals surface area contributed by atoms with Gasteiger partial charge in [0.1, 0.15) is 0 Å². The van der Waals surface area contributed by atoms with Gasteiger partial charge in [-0.05, 0) is 31.1 Å². The summed E-state index contributed by atoms with van der Waals surface area (Å²) >= 11 is 0. The molecule has 1 rings (SSSR count). The summed E-state index contributed by atoms with van der Waals surface area (Å²) in [6.07, 6.45) is 2.44. The molecule has 108 valence electrons. The van der Waals surface area contributed by atoms with E-state index in [1.54, 1.807) is 0 Å². The minimum atomic E-state index is 0. The third kappa shape index (κ3) is 6.25. The van der Waals surface area contributed by atoms with E-state index >= 15 is 0 Å². The van der Waals surface area contributed by atoms with E-state index in [1.807, 2.05) is 0 Å². The Hall–Kier alpha value is 0. The predicted octanol–water partition coefficient (Wildman–Crippen LogP) is 3.35. The summed E-state index contributed by atoms with van der Waals surface area (Å²) in [5, 5.41) is 3.41. The van der Waals surface area contributed by atoms with E-state index in [9.17, 15) is 0 Å². The Labute approximate surface area is 130 Å². The second-order valence-electron chi connectivity index (χ2n) is 6.25. The molecule has 1 aliphatic heterocycles. The minimum absolute atomic E-state index is 0. The van der Waals surface area contributed by atoms with Crippen LogP contribution in [-0.2, 0) is 0 Å². The molecule has 0 saturated carbocycles. The smallest absolute Gasteiger partial charge is 0.193 e. The molecule has 0 radical (unpaired) electrons. The molecule has 0 aromatic heterocycles. The molecule has 0 spiro atoms. The van der Waals surface area contributed by atoms with Crippen LogP contribution in [0.3, 0.4) is 0 Å². The molecular weight excluding hydrogens is 337 g/mol. The standard InChI is InChI=1S/C14H29N3.HI/c1-6-15-13(16-9-7-12(2)3)17-10-8-14(4,5)11-17;/h12H,6-11H2,1-5H3,(H,15,16);1H. The second-order valence-corrected chi connectivity index (χ2v) is 6.25. The number of rotatable bonds is 4. The SMILES string of the molecule is CCNC(=NCCC(C)C)N1CCC(C)(C)C1.I. The number of nitrogens with one attached hydrogen (secondary N) is 1. The molecule has 0 amide bonds. The number of nitrogens with zero attached hydrogens (tertiary/aromatic N) is 2. The molecule has 3 nitrogen and oxygen atoms in total. The van der Waals surface area contributed by atoms with Crippen LogP contribution < -0.4 is 5.32 Å². The van der Waals surface area contributed by atoms with Crippen molar-refractivity contribution in [2.24, 2.45) is 16.3 Å². The lowest BCUT2D eigenvalue weighted by molar-refractivity contribution is 0.370. The fourth-order valence-corrected chi connectivity index (χ4v) is 2.15. The number of likely N-dealkylation sites (tertiary alicyclic amines) is 1. The summed E-state index contributed by atoms with van der Waals surface area (Å²) < 4.78 is 0. The van der Waals surface area contributed by atoms with Crippen molar-refractivity contribution in [2.75, 3.05) is 26.2 Å². The molecule has 4 heteroatoms. The molecule has 1 saturated heterocycles. The van der Waals surface area contributed by atoms with Gasteiger partial charge in [-0.2, -0.15) is 0 Å². The van der Waals surface area contributed by atoms with Gasteiger partial charge in [-0.1, -0.05) is 27.7 Å². The van der Waals surface area contributed by atoms with Crippen molar-refractivity contribution in [3.05, 3.63) is 0 Å². The average molecular weight is 367 g/mol. The van der Waals surface area contributed by atoms with E-state index in [2.05, 4.69) is 44.8 Å². The van der Waals surface area contributed by atoms with Gasteiger partial charge in [0.05, 0.1) is 0 Å². The number of halogens is 1. The van der Waals surface area contributed by atoms with Crippen molar-refractivity contribution in [3.8, 4) is 0 Å². The minimum Gasteiger partial charge on any atom is -0.357 e. The highest BCUT2D eigenvalue weighted by Gasteiger charge is 2.30. The molecule has 1 aliphatic rings. The highest BCUT2D eigenvalue weighted by Crippen LogP contribution is 2.28. The lowest BCUT2D eigenvalue weighted by atomic mass is 9.93. The summed E-state index contributed by atoms with van der Waals surface area (Å²) in [6.45, 7) is 15.5. The lowest BCUT2D eigenvalue weighted by Crippen LogP contribution is -2.40. The molecule has 0 atom stereocenters. The van der Waals surface area contributed by atoms with Crippen molar-refractivity contribution in [1.82, 2.24) is 10.2 Å².